The molecule has 4 rings (SSSR count). The van der Waals surface area contributed by atoms with Gasteiger partial charge in [-0.3, -0.25) is 14.5 Å². The number of aliphatic hydroxyl groups is 1. The molecule has 7 heteroatoms. The molecule has 2 aromatic carbocycles. The molecule has 1 fully saturated rings. The molecule has 1 unspecified atom stereocenters. The predicted molar refractivity (Wildman–Crippen MR) is 132 cm³/mol. The Morgan fingerprint density at radius 3 is 2.44 bits per heavy atom. The number of rotatable bonds is 5. The van der Waals surface area contributed by atoms with E-state index >= 15 is 0 Å². The van der Waals surface area contributed by atoms with Gasteiger partial charge in [-0.05, 0) is 78.2 Å². The van der Waals surface area contributed by atoms with Crippen molar-refractivity contribution in [2.75, 3.05) is 12.0 Å². The first kappa shape index (κ1) is 23.7. The molecule has 0 radical (unpaired) electrons. The lowest BCUT2D eigenvalue weighted by Gasteiger charge is -2.25. The number of aliphatic hydroxyl groups excluding tert-OH is 1. The Kier molecular flexibility index (Phi) is 6.32. The van der Waals surface area contributed by atoms with E-state index < -0.39 is 23.5 Å². The van der Waals surface area contributed by atoms with Gasteiger partial charge in [0, 0.05) is 16.1 Å². The highest BCUT2D eigenvalue weighted by Crippen LogP contribution is 2.45. The zero-order valence-corrected chi connectivity index (χ0v) is 20.5. The van der Waals surface area contributed by atoms with Gasteiger partial charge >= 0.3 is 0 Å². The van der Waals surface area contributed by atoms with Crippen molar-refractivity contribution in [3.05, 3.63) is 86.4 Å². The van der Waals surface area contributed by atoms with Crippen molar-refractivity contribution in [2.45, 2.75) is 39.7 Å². The molecule has 0 bridgehead atoms. The summed E-state index contributed by atoms with van der Waals surface area (Å²) in [4.78, 5) is 28.6. The fourth-order valence-corrected chi connectivity index (χ4v) is 5.39. The van der Waals surface area contributed by atoms with Crippen molar-refractivity contribution in [3.8, 4) is 5.75 Å². The van der Waals surface area contributed by atoms with Crippen LogP contribution in [-0.4, -0.2) is 23.9 Å². The summed E-state index contributed by atoms with van der Waals surface area (Å²) in [5.41, 5.74) is 3.16. The molecular formula is C27H26FNO4S. The number of methoxy groups -OCH3 is 1. The molecule has 1 atom stereocenters. The van der Waals surface area contributed by atoms with E-state index in [2.05, 4.69) is 0 Å². The summed E-state index contributed by atoms with van der Waals surface area (Å²) in [6.07, 6.45) is 0. The second kappa shape index (κ2) is 9.06. The lowest BCUT2D eigenvalue weighted by Crippen LogP contribution is -2.29. The second-order valence-electron chi connectivity index (χ2n) is 8.68. The molecule has 0 aliphatic carbocycles. The highest BCUT2D eigenvalue weighted by Gasteiger charge is 2.48. The van der Waals surface area contributed by atoms with Crippen LogP contribution in [0.25, 0.3) is 5.76 Å². The fourth-order valence-electron chi connectivity index (χ4n) is 4.36. The number of carbonyl (C=O) groups excluding carboxylic acids is 2. The van der Waals surface area contributed by atoms with Crippen LogP contribution in [0.1, 0.15) is 52.9 Å². The van der Waals surface area contributed by atoms with Crippen LogP contribution in [0.3, 0.4) is 0 Å². The van der Waals surface area contributed by atoms with Crippen LogP contribution >= 0.6 is 11.3 Å². The SMILES string of the molecule is COc1cc(C)c(/C(O)=C2\C(=O)C(=O)N(c3cccc(F)c3)C2c2sccc2C)cc1C(C)C. The number of thiophene rings is 1. The van der Waals surface area contributed by atoms with Gasteiger partial charge in [-0.25, -0.2) is 4.39 Å². The molecule has 1 aromatic heterocycles. The summed E-state index contributed by atoms with van der Waals surface area (Å²) >= 11 is 1.38. The normalized spacial score (nSPS) is 17.6. The number of nitrogens with zero attached hydrogens (tertiary/aromatic N) is 1. The van der Waals surface area contributed by atoms with Crippen molar-refractivity contribution in [1.29, 1.82) is 0 Å². The van der Waals surface area contributed by atoms with Gasteiger partial charge < -0.3 is 9.84 Å². The first-order chi connectivity index (χ1) is 16.1. The lowest BCUT2D eigenvalue weighted by molar-refractivity contribution is -0.132. The van der Waals surface area contributed by atoms with E-state index in [9.17, 15) is 19.1 Å². The summed E-state index contributed by atoms with van der Waals surface area (Å²) in [6.45, 7) is 7.71. The zero-order chi connectivity index (χ0) is 24.7. The van der Waals surface area contributed by atoms with Crippen LogP contribution < -0.4 is 9.64 Å². The smallest absolute Gasteiger partial charge is 0.300 e. The average Bonchev–Trinajstić information content (AvgIpc) is 3.33. The molecule has 1 saturated heterocycles. The molecule has 2 heterocycles. The molecule has 1 amide bonds. The zero-order valence-electron chi connectivity index (χ0n) is 19.7. The van der Waals surface area contributed by atoms with Gasteiger partial charge in [0.25, 0.3) is 11.7 Å². The van der Waals surface area contributed by atoms with Gasteiger partial charge in [0.2, 0.25) is 0 Å². The van der Waals surface area contributed by atoms with Crippen LogP contribution in [0.2, 0.25) is 0 Å². The minimum Gasteiger partial charge on any atom is -0.507 e. The first-order valence-corrected chi connectivity index (χ1v) is 11.8. The largest absolute Gasteiger partial charge is 0.507 e. The molecule has 1 aliphatic rings. The Balaban J connectivity index is 1.99. The Labute approximate surface area is 202 Å². The molecule has 1 aliphatic heterocycles. The van der Waals surface area contributed by atoms with E-state index in [0.717, 1.165) is 16.0 Å². The quantitative estimate of drug-likeness (QED) is 0.266. The minimum atomic E-state index is -0.870. The minimum absolute atomic E-state index is 0.0113. The number of aryl methyl sites for hydroxylation is 2. The monoisotopic (exact) mass is 479 g/mol. The number of carbonyl (C=O) groups is 2. The van der Waals surface area contributed by atoms with Crippen molar-refractivity contribution < 1.29 is 23.8 Å². The first-order valence-electron chi connectivity index (χ1n) is 10.9. The summed E-state index contributed by atoms with van der Waals surface area (Å²) in [6, 6.07) is 10.2. The Bertz CT molecular complexity index is 1320. The highest BCUT2D eigenvalue weighted by atomic mass is 32.1. The number of hydrogen-bond donors (Lipinski definition) is 1. The van der Waals surface area contributed by atoms with Gasteiger partial charge in [0.05, 0.1) is 12.7 Å². The summed E-state index contributed by atoms with van der Waals surface area (Å²) in [5.74, 6) is -1.59. The van der Waals surface area contributed by atoms with Gasteiger partial charge in [-0.15, -0.1) is 11.3 Å². The van der Waals surface area contributed by atoms with Crippen molar-refractivity contribution in [3.63, 3.8) is 0 Å². The number of ketones is 1. The van der Waals surface area contributed by atoms with Crippen LogP contribution in [0.4, 0.5) is 10.1 Å². The molecule has 176 valence electrons. The molecule has 3 aromatic rings. The van der Waals surface area contributed by atoms with E-state index in [0.29, 0.717) is 16.9 Å². The molecule has 1 N–H and O–H groups in total. The summed E-state index contributed by atoms with van der Waals surface area (Å²) in [7, 11) is 1.59. The van der Waals surface area contributed by atoms with Crippen molar-refractivity contribution in [1.82, 2.24) is 0 Å². The molecule has 5 nitrogen and oxygen atoms in total. The van der Waals surface area contributed by atoms with E-state index in [1.54, 1.807) is 13.2 Å². The van der Waals surface area contributed by atoms with E-state index in [-0.39, 0.29) is 22.9 Å². The number of halogens is 1. The van der Waals surface area contributed by atoms with Crippen LogP contribution in [0.5, 0.6) is 5.75 Å². The van der Waals surface area contributed by atoms with Gasteiger partial charge in [0.15, 0.2) is 0 Å². The molecular weight excluding hydrogens is 453 g/mol. The van der Waals surface area contributed by atoms with Gasteiger partial charge in [-0.1, -0.05) is 19.9 Å². The summed E-state index contributed by atoms with van der Waals surface area (Å²) in [5, 5.41) is 13.4. The number of ether oxygens (including phenoxy) is 1. The third kappa shape index (κ3) is 3.90. The fraction of sp³-hybridized carbons (Fsp3) is 0.259. The number of benzene rings is 2. The number of hydrogen-bond acceptors (Lipinski definition) is 5. The standard InChI is InChI=1S/C27H26FNO4S/c1-14(2)19-13-20(16(4)11-21(19)33-5)24(30)22-23(26-15(3)9-10-34-26)29(27(32)25(22)31)18-8-6-7-17(28)12-18/h6-14,23,30H,1-5H3/b24-22+. The second-order valence-corrected chi connectivity index (χ2v) is 9.63. The van der Waals surface area contributed by atoms with Crippen LogP contribution in [0, 0.1) is 19.7 Å². The van der Waals surface area contributed by atoms with Gasteiger partial charge in [-0.2, -0.15) is 0 Å². The third-order valence-corrected chi connectivity index (χ3v) is 7.21. The number of Topliss-reactive ketones (excluding diaryl/α,β-unsaturated/α-hetero) is 1. The Hall–Kier alpha value is -3.45. The van der Waals surface area contributed by atoms with E-state index in [4.69, 9.17) is 4.74 Å². The predicted octanol–water partition coefficient (Wildman–Crippen LogP) is 6.26. The van der Waals surface area contributed by atoms with Crippen molar-refractivity contribution in [2.24, 2.45) is 0 Å². The van der Waals surface area contributed by atoms with Crippen LogP contribution in [0.15, 0.2) is 53.4 Å². The highest BCUT2D eigenvalue weighted by molar-refractivity contribution is 7.10. The molecule has 34 heavy (non-hydrogen) atoms. The number of anilines is 1. The van der Waals surface area contributed by atoms with E-state index in [1.165, 1.54) is 34.4 Å². The lowest BCUT2D eigenvalue weighted by atomic mass is 9.92. The topological polar surface area (TPSA) is 66.8 Å². The maximum absolute atomic E-state index is 14.1. The van der Waals surface area contributed by atoms with E-state index in [1.807, 2.05) is 51.3 Å². The van der Waals surface area contributed by atoms with Crippen molar-refractivity contribution >= 4 is 34.5 Å². The molecule has 0 spiro atoms. The number of amides is 1. The molecule has 0 saturated carbocycles. The van der Waals surface area contributed by atoms with Crippen LogP contribution in [-0.2, 0) is 9.59 Å². The Morgan fingerprint density at radius 2 is 1.85 bits per heavy atom. The maximum atomic E-state index is 14.1. The van der Waals surface area contributed by atoms with Gasteiger partial charge in [0.1, 0.15) is 23.4 Å². The third-order valence-electron chi connectivity index (χ3n) is 6.13. The average molecular weight is 480 g/mol. The Morgan fingerprint density at radius 1 is 1.12 bits per heavy atom. The summed E-state index contributed by atoms with van der Waals surface area (Å²) < 4.78 is 19.6. The maximum Gasteiger partial charge on any atom is 0.300 e.